The minimum atomic E-state index is -0.680. The Kier molecular flexibility index (Phi) is 6.15. The summed E-state index contributed by atoms with van der Waals surface area (Å²) in [6, 6.07) is 13.8. The van der Waals surface area contributed by atoms with Gasteiger partial charge in [-0.2, -0.15) is 0 Å². The largest absolute Gasteiger partial charge is 0.507 e. The van der Waals surface area contributed by atoms with E-state index in [2.05, 4.69) is 20.8 Å². The summed E-state index contributed by atoms with van der Waals surface area (Å²) in [4.78, 5) is 27.7. The number of ketones is 1. The van der Waals surface area contributed by atoms with Gasteiger partial charge in [0.25, 0.3) is 11.7 Å². The van der Waals surface area contributed by atoms with Gasteiger partial charge in [0, 0.05) is 23.7 Å². The number of halogens is 1. The van der Waals surface area contributed by atoms with Crippen molar-refractivity contribution in [2.75, 3.05) is 13.2 Å². The molecule has 6 heteroatoms. The number of likely N-dealkylation sites (tertiary alicyclic amines) is 1. The van der Waals surface area contributed by atoms with Gasteiger partial charge < -0.3 is 14.7 Å². The van der Waals surface area contributed by atoms with Crippen LogP contribution in [0.4, 0.5) is 0 Å². The van der Waals surface area contributed by atoms with Crippen LogP contribution in [0.25, 0.3) is 5.76 Å². The lowest BCUT2D eigenvalue weighted by molar-refractivity contribution is -0.140. The molecule has 4 rings (SSSR count). The maximum Gasteiger partial charge on any atom is 0.295 e. The Bertz CT molecular complexity index is 1040. The maximum absolute atomic E-state index is 13.1. The van der Waals surface area contributed by atoms with Crippen molar-refractivity contribution in [3.63, 3.8) is 0 Å². The zero-order valence-electron chi connectivity index (χ0n) is 18.6. The molecule has 2 atom stereocenters. The van der Waals surface area contributed by atoms with Crippen molar-refractivity contribution < 1.29 is 19.4 Å². The molecule has 0 aromatic heterocycles. The second kappa shape index (κ2) is 8.72. The standard InChI is InChI=1S/C26H28ClNO4/c1-26(2,3)18-10-6-16(7-11-18)22-21(23(29)17-8-12-19(27)13-9-17)24(30)25(31)28(22)15-20-5-4-14-32-20/h6-13,20,22,29H,4-5,14-15H2,1-3H3/t20-,22-/m1/s1. The predicted octanol–water partition coefficient (Wildman–Crippen LogP) is 5.24. The van der Waals surface area contributed by atoms with Crippen molar-refractivity contribution in [1.29, 1.82) is 0 Å². The number of Topliss-reactive ketones (excluding diaryl/α,β-unsaturated/α-hetero) is 1. The molecule has 0 saturated carbocycles. The molecule has 0 aliphatic carbocycles. The number of hydrogen-bond acceptors (Lipinski definition) is 4. The van der Waals surface area contributed by atoms with Crippen LogP contribution >= 0.6 is 11.6 Å². The van der Waals surface area contributed by atoms with Crippen LogP contribution in [0.15, 0.2) is 54.1 Å². The van der Waals surface area contributed by atoms with Gasteiger partial charge in [-0.25, -0.2) is 0 Å². The van der Waals surface area contributed by atoms with Crippen LogP contribution in [0, 0.1) is 0 Å². The van der Waals surface area contributed by atoms with Crippen molar-refractivity contribution in [1.82, 2.24) is 4.90 Å². The van der Waals surface area contributed by atoms with Gasteiger partial charge in [-0.05, 0) is 53.6 Å². The number of carbonyl (C=O) groups excluding carboxylic acids is 2. The van der Waals surface area contributed by atoms with E-state index < -0.39 is 17.7 Å². The summed E-state index contributed by atoms with van der Waals surface area (Å²) in [6.07, 6.45) is 1.67. The molecule has 1 amide bonds. The molecule has 0 bridgehead atoms. The van der Waals surface area contributed by atoms with Crippen molar-refractivity contribution in [3.8, 4) is 0 Å². The first-order valence-corrected chi connectivity index (χ1v) is 11.3. The quantitative estimate of drug-likeness (QED) is 0.390. The summed E-state index contributed by atoms with van der Waals surface area (Å²) in [5.74, 6) is -1.49. The van der Waals surface area contributed by atoms with E-state index in [4.69, 9.17) is 16.3 Å². The number of carbonyl (C=O) groups is 2. The second-order valence-electron chi connectivity index (χ2n) is 9.47. The third-order valence-electron chi connectivity index (χ3n) is 6.17. The van der Waals surface area contributed by atoms with Crippen LogP contribution < -0.4 is 0 Å². The lowest BCUT2D eigenvalue weighted by Crippen LogP contribution is -2.36. The smallest absolute Gasteiger partial charge is 0.295 e. The Morgan fingerprint density at radius 1 is 1.09 bits per heavy atom. The van der Waals surface area contributed by atoms with Gasteiger partial charge in [0.15, 0.2) is 0 Å². The Morgan fingerprint density at radius 2 is 1.75 bits per heavy atom. The highest BCUT2D eigenvalue weighted by molar-refractivity contribution is 6.46. The SMILES string of the molecule is CC(C)(C)c1ccc([C@@H]2C(=C(O)c3ccc(Cl)cc3)C(=O)C(=O)N2C[C@H]2CCCO2)cc1. The van der Waals surface area contributed by atoms with E-state index in [0.717, 1.165) is 24.0 Å². The van der Waals surface area contributed by atoms with Gasteiger partial charge >= 0.3 is 0 Å². The summed E-state index contributed by atoms with van der Waals surface area (Å²) in [5, 5.41) is 11.6. The number of hydrogen-bond donors (Lipinski definition) is 1. The number of aliphatic hydroxyl groups is 1. The summed E-state index contributed by atoms with van der Waals surface area (Å²) >= 11 is 5.98. The van der Waals surface area contributed by atoms with Gasteiger partial charge in [-0.3, -0.25) is 9.59 Å². The van der Waals surface area contributed by atoms with Crippen LogP contribution in [0.2, 0.25) is 5.02 Å². The fraction of sp³-hybridized carbons (Fsp3) is 0.385. The molecule has 0 radical (unpaired) electrons. The third kappa shape index (κ3) is 4.32. The Hall–Kier alpha value is -2.63. The van der Waals surface area contributed by atoms with Gasteiger partial charge in [0.2, 0.25) is 0 Å². The van der Waals surface area contributed by atoms with E-state index in [-0.39, 0.29) is 22.9 Å². The van der Waals surface area contributed by atoms with E-state index >= 15 is 0 Å². The molecule has 168 valence electrons. The third-order valence-corrected chi connectivity index (χ3v) is 6.43. The van der Waals surface area contributed by atoms with Crippen molar-refractivity contribution in [2.24, 2.45) is 0 Å². The molecular formula is C26H28ClNO4. The lowest BCUT2D eigenvalue weighted by atomic mass is 9.85. The molecule has 0 spiro atoms. The van der Waals surface area contributed by atoms with Crippen molar-refractivity contribution >= 4 is 29.1 Å². The normalized spacial score (nSPS) is 23.2. The number of rotatable bonds is 4. The first kappa shape index (κ1) is 22.6. The topological polar surface area (TPSA) is 66.8 Å². The zero-order valence-corrected chi connectivity index (χ0v) is 19.4. The minimum absolute atomic E-state index is 0.0265. The number of aliphatic hydroxyl groups excluding tert-OH is 1. The number of ether oxygens (including phenoxy) is 1. The first-order chi connectivity index (χ1) is 15.2. The van der Waals surface area contributed by atoms with Crippen LogP contribution in [0.1, 0.15) is 56.3 Å². The van der Waals surface area contributed by atoms with E-state index in [1.807, 2.05) is 24.3 Å². The van der Waals surface area contributed by atoms with E-state index in [9.17, 15) is 14.7 Å². The van der Waals surface area contributed by atoms with E-state index in [1.54, 1.807) is 29.2 Å². The average Bonchev–Trinajstić information content (AvgIpc) is 3.36. The molecule has 2 aromatic carbocycles. The van der Waals surface area contributed by atoms with Crippen molar-refractivity contribution in [2.45, 2.75) is 51.2 Å². The zero-order chi connectivity index (χ0) is 23.0. The molecule has 2 aromatic rings. The number of nitrogens with zero attached hydrogens (tertiary/aromatic N) is 1. The van der Waals surface area contributed by atoms with Crippen LogP contribution in [-0.4, -0.2) is 41.0 Å². The number of amides is 1. The fourth-order valence-corrected chi connectivity index (χ4v) is 4.48. The second-order valence-corrected chi connectivity index (χ2v) is 9.90. The Labute approximate surface area is 193 Å². The molecule has 1 N–H and O–H groups in total. The van der Waals surface area contributed by atoms with Gasteiger partial charge in [-0.15, -0.1) is 0 Å². The first-order valence-electron chi connectivity index (χ1n) is 10.9. The van der Waals surface area contributed by atoms with Crippen LogP contribution in [0.3, 0.4) is 0 Å². The molecule has 2 aliphatic heterocycles. The van der Waals surface area contributed by atoms with Gasteiger partial charge in [-0.1, -0.05) is 56.6 Å². The molecule has 2 heterocycles. The fourth-order valence-electron chi connectivity index (χ4n) is 4.35. The predicted molar refractivity (Wildman–Crippen MR) is 125 cm³/mol. The lowest BCUT2D eigenvalue weighted by Gasteiger charge is -2.28. The average molecular weight is 454 g/mol. The number of benzene rings is 2. The highest BCUT2D eigenvalue weighted by atomic mass is 35.5. The Morgan fingerprint density at radius 3 is 2.31 bits per heavy atom. The van der Waals surface area contributed by atoms with Gasteiger partial charge in [0.05, 0.1) is 17.7 Å². The summed E-state index contributed by atoms with van der Waals surface area (Å²) < 4.78 is 5.74. The monoisotopic (exact) mass is 453 g/mol. The van der Waals surface area contributed by atoms with Gasteiger partial charge in [0.1, 0.15) is 5.76 Å². The highest BCUT2D eigenvalue weighted by Gasteiger charge is 2.47. The molecule has 2 fully saturated rings. The molecule has 32 heavy (non-hydrogen) atoms. The summed E-state index contributed by atoms with van der Waals surface area (Å²) in [7, 11) is 0. The van der Waals surface area contributed by atoms with Crippen molar-refractivity contribution in [3.05, 3.63) is 75.8 Å². The van der Waals surface area contributed by atoms with E-state index in [0.29, 0.717) is 23.7 Å². The minimum Gasteiger partial charge on any atom is -0.507 e. The maximum atomic E-state index is 13.1. The summed E-state index contributed by atoms with van der Waals surface area (Å²) in [6.45, 7) is 7.36. The molecule has 2 saturated heterocycles. The molecule has 5 nitrogen and oxygen atoms in total. The van der Waals surface area contributed by atoms with E-state index in [1.165, 1.54) is 0 Å². The van der Waals surface area contributed by atoms with Crippen LogP contribution in [0.5, 0.6) is 0 Å². The summed E-state index contributed by atoms with van der Waals surface area (Å²) in [5.41, 5.74) is 2.45. The molecule has 2 aliphatic rings. The highest BCUT2D eigenvalue weighted by Crippen LogP contribution is 2.40. The molecule has 0 unspecified atom stereocenters. The van der Waals surface area contributed by atoms with Crippen LogP contribution in [-0.2, 0) is 19.7 Å². The Balaban J connectivity index is 1.81. The molecular weight excluding hydrogens is 426 g/mol.